The Morgan fingerprint density at radius 1 is 1.17 bits per heavy atom. The molecular formula is C22H21N3O2S2. The maximum absolute atomic E-state index is 12.8. The van der Waals surface area contributed by atoms with Crippen LogP contribution in [-0.4, -0.2) is 16.9 Å². The first-order valence-electron chi connectivity index (χ1n) is 9.48. The Morgan fingerprint density at radius 3 is 2.72 bits per heavy atom. The van der Waals surface area contributed by atoms with Gasteiger partial charge in [0.25, 0.3) is 11.8 Å². The van der Waals surface area contributed by atoms with Crippen molar-refractivity contribution < 1.29 is 9.59 Å². The third-order valence-electron chi connectivity index (χ3n) is 5.25. The second kappa shape index (κ2) is 7.93. The molecule has 148 valence electrons. The Hall–Kier alpha value is -2.77. The number of carbonyl (C=O) groups is 2. The summed E-state index contributed by atoms with van der Waals surface area (Å²) < 4.78 is 0. The summed E-state index contributed by atoms with van der Waals surface area (Å²) in [5, 5.41) is 8.36. The Labute approximate surface area is 178 Å². The number of amides is 2. The highest BCUT2D eigenvalue weighted by Crippen LogP contribution is 2.39. The van der Waals surface area contributed by atoms with Crippen LogP contribution >= 0.6 is 23.6 Å². The number of carbonyl (C=O) groups excluding carboxylic acids is 2. The van der Waals surface area contributed by atoms with Crippen LogP contribution in [0, 0.1) is 5.92 Å². The second-order valence-corrected chi connectivity index (χ2v) is 8.87. The topological polar surface area (TPSA) is 84.2 Å². The lowest BCUT2D eigenvalue weighted by Gasteiger charge is -2.18. The summed E-state index contributed by atoms with van der Waals surface area (Å²) in [4.78, 5) is 26.0. The summed E-state index contributed by atoms with van der Waals surface area (Å²) in [5.74, 6) is -0.189. The van der Waals surface area contributed by atoms with Gasteiger partial charge >= 0.3 is 0 Å². The van der Waals surface area contributed by atoms with Gasteiger partial charge in [0, 0.05) is 10.4 Å². The van der Waals surface area contributed by atoms with E-state index in [4.69, 9.17) is 18.0 Å². The first-order chi connectivity index (χ1) is 13.9. The van der Waals surface area contributed by atoms with Crippen molar-refractivity contribution in [1.29, 1.82) is 0 Å². The highest BCUT2D eigenvalue weighted by molar-refractivity contribution is 7.80. The zero-order chi connectivity index (χ0) is 20.5. The molecule has 4 N–H and O–H groups in total. The van der Waals surface area contributed by atoms with E-state index in [9.17, 15) is 9.59 Å². The number of nitrogens with two attached hydrogens (primary N) is 1. The molecule has 1 aromatic heterocycles. The molecule has 1 heterocycles. The molecule has 0 unspecified atom stereocenters. The van der Waals surface area contributed by atoms with E-state index in [-0.39, 0.29) is 11.0 Å². The molecule has 29 heavy (non-hydrogen) atoms. The zero-order valence-corrected chi connectivity index (χ0v) is 17.6. The highest BCUT2D eigenvalue weighted by atomic mass is 32.1. The summed E-state index contributed by atoms with van der Waals surface area (Å²) in [7, 11) is 0. The van der Waals surface area contributed by atoms with Crippen molar-refractivity contribution in [3.63, 3.8) is 0 Å². The van der Waals surface area contributed by atoms with Crippen LogP contribution < -0.4 is 16.4 Å². The molecule has 2 amide bonds. The van der Waals surface area contributed by atoms with Crippen LogP contribution in [0.3, 0.4) is 0 Å². The average molecular weight is 424 g/mol. The SMILES string of the molecule is C[C@H]1CCc2c(sc(NC(=S)NC(=O)c3cccc4ccccc34)c2C(N)=O)C1. The molecule has 5 nitrogen and oxygen atoms in total. The molecule has 7 heteroatoms. The van der Waals surface area contributed by atoms with Crippen molar-refractivity contribution in [2.45, 2.75) is 26.2 Å². The van der Waals surface area contributed by atoms with Crippen molar-refractivity contribution in [2.75, 3.05) is 5.32 Å². The lowest BCUT2D eigenvalue weighted by Crippen LogP contribution is -2.34. The van der Waals surface area contributed by atoms with Gasteiger partial charge in [0.1, 0.15) is 5.00 Å². The van der Waals surface area contributed by atoms with Gasteiger partial charge in [-0.1, -0.05) is 43.3 Å². The predicted molar refractivity (Wildman–Crippen MR) is 122 cm³/mol. The minimum Gasteiger partial charge on any atom is -0.365 e. The third-order valence-corrected chi connectivity index (χ3v) is 6.62. The van der Waals surface area contributed by atoms with Gasteiger partial charge in [0.15, 0.2) is 5.11 Å². The molecule has 0 aliphatic heterocycles. The van der Waals surface area contributed by atoms with E-state index in [0.29, 0.717) is 22.0 Å². The number of primary amides is 1. The smallest absolute Gasteiger partial charge is 0.258 e. The van der Waals surface area contributed by atoms with Gasteiger partial charge in [-0.3, -0.25) is 14.9 Å². The largest absolute Gasteiger partial charge is 0.365 e. The molecule has 0 bridgehead atoms. The number of hydrogen-bond acceptors (Lipinski definition) is 4. The van der Waals surface area contributed by atoms with E-state index >= 15 is 0 Å². The quantitative estimate of drug-likeness (QED) is 0.550. The van der Waals surface area contributed by atoms with E-state index in [1.54, 1.807) is 6.07 Å². The number of anilines is 1. The first kappa shape index (κ1) is 19.5. The minimum atomic E-state index is -0.470. The Morgan fingerprint density at radius 2 is 1.93 bits per heavy atom. The van der Waals surface area contributed by atoms with Crippen molar-refractivity contribution in [1.82, 2.24) is 5.32 Å². The van der Waals surface area contributed by atoms with Gasteiger partial charge in [-0.05, 0) is 59.8 Å². The van der Waals surface area contributed by atoms with E-state index < -0.39 is 5.91 Å². The predicted octanol–water partition coefficient (Wildman–Crippen LogP) is 4.25. The average Bonchev–Trinajstić information content (AvgIpc) is 3.04. The summed E-state index contributed by atoms with van der Waals surface area (Å²) in [6.45, 7) is 2.20. The fourth-order valence-corrected chi connectivity index (χ4v) is 5.51. The fourth-order valence-electron chi connectivity index (χ4n) is 3.83. The van der Waals surface area contributed by atoms with Crippen LogP contribution in [0.1, 0.15) is 44.5 Å². The molecule has 1 aliphatic carbocycles. The molecule has 1 aliphatic rings. The number of thiocarbonyl (C=S) groups is 1. The maximum atomic E-state index is 12.8. The highest BCUT2D eigenvalue weighted by Gasteiger charge is 2.27. The number of benzene rings is 2. The number of rotatable bonds is 3. The standard InChI is InChI=1S/C22H21N3O2S2/c1-12-9-10-16-17(11-12)29-21(18(16)19(23)26)25-22(28)24-20(27)15-8-4-6-13-5-2-3-7-14(13)15/h2-8,12H,9-11H2,1H3,(H2,23,26)(H2,24,25,27,28)/t12-/m0/s1. The molecular weight excluding hydrogens is 402 g/mol. The van der Waals surface area contributed by atoms with Crippen molar-refractivity contribution in [2.24, 2.45) is 11.7 Å². The molecule has 0 fully saturated rings. The molecule has 0 saturated carbocycles. The number of fused-ring (bicyclic) bond motifs is 2. The molecule has 3 aromatic rings. The van der Waals surface area contributed by atoms with Crippen LogP contribution in [0.2, 0.25) is 0 Å². The lowest BCUT2D eigenvalue weighted by molar-refractivity contribution is 0.0977. The van der Waals surface area contributed by atoms with Gasteiger partial charge in [-0.25, -0.2) is 0 Å². The lowest BCUT2D eigenvalue weighted by atomic mass is 9.88. The van der Waals surface area contributed by atoms with E-state index in [0.717, 1.165) is 35.6 Å². The van der Waals surface area contributed by atoms with Gasteiger partial charge in [-0.15, -0.1) is 11.3 Å². The fraction of sp³-hybridized carbons (Fsp3) is 0.227. The van der Waals surface area contributed by atoms with Gasteiger partial charge in [0.05, 0.1) is 5.56 Å². The summed E-state index contributed by atoms with van der Waals surface area (Å²) in [6, 6.07) is 13.2. The van der Waals surface area contributed by atoms with E-state index in [1.807, 2.05) is 36.4 Å². The molecule has 0 spiro atoms. The molecule has 2 aromatic carbocycles. The molecule has 4 rings (SSSR count). The van der Waals surface area contributed by atoms with E-state index in [2.05, 4.69) is 17.6 Å². The van der Waals surface area contributed by atoms with Gasteiger partial charge < -0.3 is 11.1 Å². The summed E-state index contributed by atoms with van der Waals surface area (Å²) >= 11 is 6.85. The Kier molecular flexibility index (Phi) is 5.34. The maximum Gasteiger partial charge on any atom is 0.258 e. The summed E-state index contributed by atoms with van der Waals surface area (Å²) in [5.41, 5.74) is 7.71. The monoisotopic (exact) mass is 423 g/mol. The van der Waals surface area contributed by atoms with Gasteiger partial charge in [-0.2, -0.15) is 0 Å². The number of nitrogens with one attached hydrogen (secondary N) is 2. The van der Waals surface area contributed by atoms with Crippen LogP contribution in [0.15, 0.2) is 42.5 Å². The number of hydrogen-bond donors (Lipinski definition) is 3. The molecule has 1 atom stereocenters. The molecule has 0 saturated heterocycles. The van der Waals surface area contributed by atoms with Crippen molar-refractivity contribution >= 4 is 56.3 Å². The summed E-state index contributed by atoms with van der Waals surface area (Å²) in [6.07, 6.45) is 2.80. The first-order valence-corrected chi connectivity index (χ1v) is 10.7. The third kappa shape index (κ3) is 3.88. The van der Waals surface area contributed by atoms with E-state index in [1.165, 1.54) is 16.2 Å². The molecule has 0 radical (unpaired) electrons. The van der Waals surface area contributed by atoms with Crippen LogP contribution in [-0.2, 0) is 12.8 Å². The van der Waals surface area contributed by atoms with Crippen molar-refractivity contribution in [3.05, 3.63) is 64.0 Å². The Bertz CT molecular complexity index is 1130. The van der Waals surface area contributed by atoms with Crippen LogP contribution in [0.5, 0.6) is 0 Å². The normalized spacial score (nSPS) is 15.6. The minimum absolute atomic E-state index is 0.150. The second-order valence-electron chi connectivity index (χ2n) is 7.36. The Balaban J connectivity index is 1.56. The number of thiophene rings is 1. The van der Waals surface area contributed by atoms with Gasteiger partial charge in [0.2, 0.25) is 0 Å². The van der Waals surface area contributed by atoms with Crippen LogP contribution in [0.4, 0.5) is 5.00 Å². The van der Waals surface area contributed by atoms with Crippen LogP contribution in [0.25, 0.3) is 10.8 Å². The zero-order valence-electron chi connectivity index (χ0n) is 16.0. The van der Waals surface area contributed by atoms with Crippen molar-refractivity contribution in [3.8, 4) is 0 Å².